The molecule has 0 aromatic carbocycles. The molecule has 1 amide bonds. The highest BCUT2D eigenvalue weighted by molar-refractivity contribution is 6.01. The van der Waals surface area contributed by atoms with Gasteiger partial charge in [0, 0.05) is 18.2 Å². The fourth-order valence-corrected chi connectivity index (χ4v) is 2.02. The number of ketones is 1. The summed E-state index contributed by atoms with van der Waals surface area (Å²) in [6, 6.07) is 1.26. The summed E-state index contributed by atoms with van der Waals surface area (Å²) in [5.74, 6) is 0.386. The Morgan fingerprint density at radius 3 is 2.72 bits per heavy atom. The van der Waals surface area contributed by atoms with Crippen molar-refractivity contribution in [3.05, 3.63) is 40.1 Å². The fourth-order valence-electron chi connectivity index (χ4n) is 2.02. The Bertz CT molecular complexity index is 756. The second-order valence-corrected chi connectivity index (χ2v) is 5.47. The van der Waals surface area contributed by atoms with Crippen molar-refractivity contribution >= 4 is 11.9 Å². The predicted molar refractivity (Wildman–Crippen MR) is 91.3 cm³/mol. The van der Waals surface area contributed by atoms with Crippen molar-refractivity contribution in [2.45, 2.75) is 32.6 Å². The van der Waals surface area contributed by atoms with Crippen LogP contribution >= 0.6 is 0 Å². The van der Waals surface area contributed by atoms with Crippen LogP contribution in [0.5, 0.6) is 5.75 Å². The van der Waals surface area contributed by atoms with Crippen molar-refractivity contribution in [1.82, 2.24) is 5.32 Å². The zero-order chi connectivity index (χ0) is 19.0. The van der Waals surface area contributed by atoms with E-state index in [0.717, 1.165) is 0 Å². The van der Waals surface area contributed by atoms with Gasteiger partial charge in [-0.05, 0) is 19.8 Å². The van der Waals surface area contributed by atoms with Crippen LogP contribution in [0.15, 0.2) is 27.6 Å². The number of methoxy groups -OCH3 is 1. The van der Waals surface area contributed by atoms with Crippen LogP contribution in [0.25, 0.3) is 0 Å². The number of carbonyl (C=O) groups excluding carboxylic acids is 2. The van der Waals surface area contributed by atoms with E-state index in [2.05, 4.69) is 16.0 Å². The van der Waals surface area contributed by atoms with Gasteiger partial charge >= 0.3 is 11.7 Å². The van der Waals surface area contributed by atoms with E-state index in [9.17, 15) is 19.5 Å². The number of aromatic hydroxyl groups is 1. The Hall–Kier alpha value is -3.01. The summed E-state index contributed by atoms with van der Waals surface area (Å²) in [4.78, 5) is 34.9. The zero-order valence-corrected chi connectivity index (χ0v) is 14.4. The summed E-state index contributed by atoms with van der Waals surface area (Å²) in [7, 11) is 1.26. The first-order valence-electron chi connectivity index (χ1n) is 7.68. The van der Waals surface area contributed by atoms with Gasteiger partial charge in [-0.15, -0.1) is 6.42 Å². The van der Waals surface area contributed by atoms with E-state index in [4.69, 9.17) is 10.8 Å². The molecule has 0 radical (unpaired) electrons. The number of allylic oxidation sites excluding steroid dienone is 1. The van der Waals surface area contributed by atoms with Gasteiger partial charge in [0.05, 0.1) is 13.0 Å². The van der Waals surface area contributed by atoms with E-state index >= 15 is 0 Å². The summed E-state index contributed by atoms with van der Waals surface area (Å²) in [6.07, 6.45) is 8.96. The van der Waals surface area contributed by atoms with Gasteiger partial charge in [0.1, 0.15) is 17.1 Å². The zero-order valence-electron chi connectivity index (χ0n) is 14.4. The van der Waals surface area contributed by atoms with Crippen LogP contribution < -0.4 is 10.9 Å². The first kappa shape index (κ1) is 20.0. The number of Topliss-reactive ketones (excluding diaryl/α,β-unsaturated/α-hetero) is 1. The third kappa shape index (κ3) is 5.53. The minimum Gasteiger partial charge on any atom is -0.507 e. The summed E-state index contributed by atoms with van der Waals surface area (Å²) in [5.41, 5.74) is -1.33. The maximum atomic E-state index is 12.0. The van der Waals surface area contributed by atoms with Crippen LogP contribution in [0.2, 0.25) is 0 Å². The molecule has 0 saturated heterocycles. The Balaban J connectivity index is 2.80. The molecule has 2 N–H and O–H groups in total. The monoisotopic (exact) mass is 347 g/mol. The number of alkyl carbamates (subject to hydrolysis) is 1. The van der Waals surface area contributed by atoms with Crippen LogP contribution in [0.1, 0.15) is 48.7 Å². The standard InChI is InChI=1S/C18H21NO6/c1-5-11(2)16(21)15-13(20)10-14(25-17(15)22)12(3)8-6-7-9-19-18(23)24-4/h1,7,9-12,20H,6,8H2,2-4H3,(H,19,23)/b9-7+. The summed E-state index contributed by atoms with van der Waals surface area (Å²) in [6.45, 7) is 3.28. The van der Waals surface area contributed by atoms with Crippen LogP contribution in [0, 0.1) is 18.3 Å². The molecule has 7 heteroatoms. The lowest BCUT2D eigenvalue weighted by Crippen LogP contribution is -2.20. The third-order valence-electron chi connectivity index (χ3n) is 3.60. The molecule has 0 spiro atoms. The molecule has 7 nitrogen and oxygen atoms in total. The van der Waals surface area contributed by atoms with E-state index in [0.29, 0.717) is 12.8 Å². The molecule has 2 atom stereocenters. The van der Waals surface area contributed by atoms with Gasteiger partial charge in [-0.25, -0.2) is 9.59 Å². The topological polar surface area (TPSA) is 106 Å². The Morgan fingerprint density at radius 2 is 2.16 bits per heavy atom. The lowest BCUT2D eigenvalue weighted by atomic mass is 9.98. The van der Waals surface area contributed by atoms with Crippen molar-refractivity contribution in [2.24, 2.45) is 5.92 Å². The highest BCUT2D eigenvalue weighted by atomic mass is 16.5. The van der Waals surface area contributed by atoms with Crippen LogP contribution in [0.4, 0.5) is 4.79 Å². The molecule has 1 rings (SSSR count). The van der Waals surface area contributed by atoms with Crippen LogP contribution in [-0.2, 0) is 4.74 Å². The molecule has 0 aliphatic rings. The van der Waals surface area contributed by atoms with E-state index in [1.165, 1.54) is 26.3 Å². The number of hydrogen-bond donors (Lipinski definition) is 2. The minimum atomic E-state index is -0.906. The second kappa shape index (κ2) is 9.33. The highest BCUT2D eigenvalue weighted by Gasteiger charge is 2.23. The van der Waals surface area contributed by atoms with Crippen LogP contribution in [-0.4, -0.2) is 24.1 Å². The number of amides is 1. The molecule has 0 bridgehead atoms. The Morgan fingerprint density at radius 1 is 1.48 bits per heavy atom. The molecule has 134 valence electrons. The molecule has 2 unspecified atom stereocenters. The number of ether oxygens (including phenoxy) is 1. The van der Waals surface area contributed by atoms with Crippen molar-refractivity contribution in [1.29, 1.82) is 0 Å². The quantitative estimate of drug-likeness (QED) is 0.580. The molecular formula is C18H21NO6. The van der Waals surface area contributed by atoms with E-state index in [1.807, 2.05) is 6.92 Å². The number of terminal acetylenes is 1. The molecule has 0 saturated carbocycles. The lowest BCUT2D eigenvalue weighted by molar-refractivity contribution is 0.0949. The van der Waals surface area contributed by atoms with E-state index < -0.39 is 34.7 Å². The Labute approximate surface area is 145 Å². The highest BCUT2D eigenvalue weighted by Crippen LogP contribution is 2.25. The molecule has 0 fully saturated rings. The number of nitrogens with one attached hydrogen (secondary N) is 1. The number of rotatable bonds is 7. The molecule has 0 aliphatic heterocycles. The average Bonchev–Trinajstić information content (AvgIpc) is 2.59. The van der Waals surface area contributed by atoms with Gasteiger partial charge < -0.3 is 14.3 Å². The molecule has 1 aromatic heterocycles. The van der Waals surface area contributed by atoms with Gasteiger partial charge in [-0.1, -0.05) is 18.9 Å². The summed E-state index contributed by atoms with van der Waals surface area (Å²) < 4.78 is 9.57. The fraction of sp³-hybridized carbons (Fsp3) is 0.389. The van der Waals surface area contributed by atoms with E-state index in [-0.39, 0.29) is 11.7 Å². The van der Waals surface area contributed by atoms with Crippen molar-refractivity contribution < 1.29 is 23.8 Å². The maximum absolute atomic E-state index is 12.0. The minimum absolute atomic E-state index is 0.185. The molecule has 1 heterocycles. The Kier molecular flexibility index (Phi) is 7.47. The third-order valence-corrected chi connectivity index (χ3v) is 3.60. The predicted octanol–water partition coefficient (Wildman–Crippen LogP) is 2.55. The molecule has 25 heavy (non-hydrogen) atoms. The average molecular weight is 347 g/mol. The van der Waals surface area contributed by atoms with Crippen molar-refractivity contribution in [3.8, 4) is 18.1 Å². The largest absolute Gasteiger partial charge is 0.507 e. The molecule has 0 aliphatic carbocycles. The number of hydrogen-bond acceptors (Lipinski definition) is 6. The van der Waals surface area contributed by atoms with Gasteiger partial charge in [0.2, 0.25) is 0 Å². The smallest absolute Gasteiger partial charge is 0.410 e. The number of carbonyl (C=O) groups is 2. The van der Waals surface area contributed by atoms with E-state index in [1.54, 1.807) is 6.08 Å². The second-order valence-electron chi connectivity index (χ2n) is 5.47. The lowest BCUT2D eigenvalue weighted by Gasteiger charge is -2.11. The summed E-state index contributed by atoms with van der Waals surface area (Å²) >= 11 is 0. The summed E-state index contributed by atoms with van der Waals surface area (Å²) in [5, 5.41) is 12.4. The van der Waals surface area contributed by atoms with Gasteiger partial charge in [-0.3, -0.25) is 10.1 Å². The first-order chi connectivity index (χ1) is 11.8. The van der Waals surface area contributed by atoms with Gasteiger partial charge in [0.25, 0.3) is 0 Å². The molecular weight excluding hydrogens is 326 g/mol. The van der Waals surface area contributed by atoms with Gasteiger partial charge in [-0.2, -0.15) is 0 Å². The SMILES string of the molecule is C#CC(C)C(=O)c1c(O)cc(C(C)CC/C=C/NC(=O)OC)oc1=O. The maximum Gasteiger partial charge on any atom is 0.410 e. The normalized spacial score (nSPS) is 13.0. The first-order valence-corrected chi connectivity index (χ1v) is 7.68. The molecule has 1 aromatic rings. The van der Waals surface area contributed by atoms with Crippen LogP contribution in [0.3, 0.4) is 0 Å². The van der Waals surface area contributed by atoms with Crippen molar-refractivity contribution in [3.63, 3.8) is 0 Å². The van der Waals surface area contributed by atoms with Crippen molar-refractivity contribution in [2.75, 3.05) is 7.11 Å². The van der Waals surface area contributed by atoms with Gasteiger partial charge in [0.15, 0.2) is 5.78 Å².